The van der Waals surface area contributed by atoms with E-state index in [2.05, 4.69) is 15.0 Å². The number of benzene rings is 1. The molecule has 1 amide bonds. The molecule has 2 aliphatic rings. The van der Waals surface area contributed by atoms with E-state index in [1.54, 1.807) is 4.90 Å². The summed E-state index contributed by atoms with van der Waals surface area (Å²) < 4.78 is 0. The molecule has 0 N–H and O–H groups in total. The van der Waals surface area contributed by atoms with Gasteiger partial charge in [-0.2, -0.15) is 0 Å². The Balaban J connectivity index is 2.12. The lowest BCUT2D eigenvalue weighted by molar-refractivity contribution is -0.119. The summed E-state index contributed by atoms with van der Waals surface area (Å²) >= 11 is 0. The number of aliphatic imine (C=N–C) groups is 1. The number of rotatable bonds is 4. The highest BCUT2D eigenvalue weighted by molar-refractivity contribution is 6.13. The molecule has 1 fully saturated rings. The van der Waals surface area contributed by atoms with Crippen molar-refractivity contribution in [3.63, 3.8) is 0 Å². The van der Waals surface area contributed by atoms with Gasteiger partial charge in [0.2, 0.25) is 6.17 Å². The Kier molecular flexibility index (Phi) is 5.16. The summed E-state index contributed by atoms with van der Waals surface area (Å²) in [4.78, 5) is 22.1. The third-order valence-corrected chi connectivity index (χ3v) is 4.82. The Bertz CT molecular complexity index is 686. The second-order valence-electron chi connectivity index (χ2n) is 6.43. The molecule has 24 heavy (non-hydrogen) atoms. The zero-order valence-electron chi connectivity index (χ0n) is 14.1. The van der Waals surface area contributed by atoms with Crippen LogP contribution in [0.5, 0.6) is 0 Å². The van der Waals surface area contributed by atoms with Gasteiger partial charge < -0.3 is 4.90 Å². The maximum atomic E-state index is 12.9. The quantitative estimate of drug-likeness (QED) is 0.457. The summed E-state index contributed by atoms with van der Waals surface area (Å²) in [7, 11) is 0. The molecule has 0 saturated heterocycles. The molecule has 1 aliphatic carbocycles. The monoisotopic (exact) mass is 325 g/mol. The van der Waals surface area contributed by atoms with Gasteiger partial charge in [0.25, 0.3) is 5.91 Å². The van der Waals surface area contributed by atoms with Gasteiger partial charge in [0, 0.05) is 28.6 Å². The Hall–Kier alpha value is -2.33. The van der Waals surface area contributed by atoms with Crippen molar-refractivity contribution in [3.05, 3.63) is 40.3 Å². The van der Waals surface area contributed by atoms with Crippen LogP contribution >= 0.6 is 0 Å². The van der Waals surface area contributed by atoms with Crippen LogP contribution in [0.4, 0.5) is 5.69 Å². The molecule has 1 aromatic carbocycles. The number of benzodiazepines with no additional fused rings is 1. The van der Waals surface area contributed by atoms with Crippen molar-refractivity contribution in [2.45, 2.75) is 51.6 Å². The summed E-state index contributed by atoms with van der Waals surface area (Å²) in [5.41, 5.74) is 11.7. The van der Waals surface area contributed by atoms with Crippen molar-refractivity contribution in [1.82, 2.24) is 0 Å². The van der Waals surface area contributed by atoms with Gasteiger partial charge in [-0.25, -0.2) is 0 Å². The molecule has 1 saturated carbocycles. The molecule has 1 atom stereocenters. The van der Waals surface area contributed by atoms with E-state index >= 15 is 0 Å². The van der Waals surface area contributed by atoms with Crippen LogP contribution < -0.4 is 4.90 Å². The van der Waals surface area contributed by atoms with Crippen LogP contribution in [0.2, 0.25) is 0 Å². The lowest BCUT2D eigenvalue weighted by atomic mass is 9.83. The maximum absolute atomic E-state index is 12.9. The molecular weight excluding hydrogens is 302 g/mol. The van der Waals surface area contributed by atoms with Crippen molar-refractivity contribution >= 4 is 17.3 Å². The normalized spacial score (nSPS) is 21.5. The fraction of sp³-hybridized carbons (Fsp3) is 0.556. The number of amides is 1. The van der Waals surface area contributed by atoms with E-state index in [0.29, 0.717) is 12.5 Å². The van der Waals surface area contributed by atoms with Gasteiger partial charge in [-0.05, 0) is 30.9 Å². The minimum absolute atomic E-state index is 0.229. The molecular formula is C18H23N5O. The third-order valence-electron chi connectivity index (χ3n) is 4.82. The standard InChI is InChI=1S/C18H23N5O/c1-2-12-23-15-11-7-6-10-14(15)16(13-8-4-3-5-9-13)20-17(18(23)24)21-22-19/h6-7,10-11,13,17H,2-5,8-9,12H2,1H3. The molecule has 1 aromatic rings. The van der Waals surface area contributed by atoms with Crippen molar-refractivity contribution < 1.29 is 4.79 Å². The first-order valence-corrected chi connectivity index (χ1v) is 8.79. The van der Waals surface area contributed by atoms with E-state index in [1.165, 1.54) is 19.3 Å². The van der Waals surface area contributed by atoms with Crippen LogP contribution in [0.1, 0.15) is 51.0 Å². The number of carbonyl (C=O) groups is 1. The van der Waals surface area contributed by atoms with Crippen molar-refractivity contribution in [2.24, 2.45) is 16.0 Å². The minimum atomic E-state index is -0.995. The van der Waals surface area contributed by atoms with Gasteiger partial charge in [-0.3, -0.25) is 9.79 Å². The zero-order valence-corrected chi connectivity index (χ0v) is 14.1. The van der Waals surface area contributed by atoms with Crippen LogP contribution in [0.3, 0.4) is 0 Å². The molecule has 6 heteroatoms. The van der Waals surface area contributed by atoms with Crippen molar-refractivity contribution in [2.75, 3.05) is 11.4 Å². The molecule has 126 valence electrons. The van der Waals surface area contributed by atoms with Crippen molar-refractivity contribution in [1.29, 1.82) is 0 Å². The van der Waals surface area contributed by atoms with Gasteiger partial charge in [-0.1, -0.05) is 49.5 Å². The number of anilines is 1. The highest BCUT2D eigenvalue weighted by atomic mass is 16.2. The Morgan fingerprint density at radius 1 is 1.29 bits per heavy atom. The average molecular weight is 325 g/mol. The van der Waals surface area contributed by atoms with Gasteiger partial charge in [0.15, 0.2) is 0 Å². The molecule has 0 aromatic heterocycles. The SMILES string of the molecule is CCCN1C(=O)C(N=[N+]=[N-])N=C(C2CCCCC2)c2ccccc21. The lowest BCUT2D eigenvalue weighted by Crippen LogP contribution is -2.37. The van der Waals surface area contributed by atoms with Crippen LogP contribution in [0, 0.1) is 5.92 Å². The van der Waals surface area contributed by atoms with Gasteiger partial charge in [-0.15, -0.1) is 0 Å². The molecule has 3 rings (SSSR count). The topological polar surface area (TPSA) is 81.4 Å². The minimum Gasteiger partial charge on any atom is -0.310 e. The number of carbonyl (C=O) groups excluding carboxylic acids is 1. The number of para-hydroxylation sites is 1. The van der Waals surface area contributed by atoms with E-state index in [9.17, 15) is 4.79 Å². The number of fused-ring (bicyclic) bond motifs is 1. The summed E-state index contributed by atoms with van der Waals surface area (Å²) in [5, 5.41) is 3.69. The largest absolute Gasteiger partial charge is 0.310 e. The number of hydrogen-bond acceptors (Lipinski definition) is 3. The zero-order chi connectivity index (χ0) is 16.9. The van der Waals surface area contributed by atoms with E-state index in [1.807, 2.05) is 31.2 Å². The van der Waals surface area contributed by atoms with Gasteiger partial charge >= 0.3 is 0 Å². The molecule has 0 radical (unpaired) electrons. The fourth-order valence-electron chi connectivity index (χ4n) is 3.72. The predicted molar refractivity (Wildman–Crippen MR) is 95.1 cm³/mol. The Morgan fingerprint density at radius 2 is 2.04 bits per heavy atom. The van der Waals surface area contributed by atoms with Crippen LogP contribution in [0.25, 0.3) is 10.4 Å². The summed E-state index contributed by atoms with van der Waals surface area (Å²) in [6.07, 6.45) is 5.63. The first-order chi connectivity index (χ1) is 11.8. The fourth-order valence-corrected chi connectivity index (χ4v) is 3.72. The lowest BCUT2D eigenvalue weighted by Gasteiger charge is -2.26. The smallest absolute Gasteiger partial charge is 0.257 e. The number of hydrogen-bond donors (Lipinski definition) is 0. The third kappa shape index (κ3) is 3.15. The molecule has 1 unspecified atom stereocenters. The van der Waals surface area contributed by atoms with Crippen LogP contribution in [-0.4, -0.2) is 24.3 Å². The molecule has 1 aliphatic heterocycles. The first-order valence-electron chi connectivity index (χ1n) is 8.79. The average Bonchev–Trinajstić information content (AvgIpc) is 2.74. The van der Waals surface area contributed by atoms with E-state index < -0.39 is 6.17 Å². The Morgan fingerprint density at radius 3 is 2.75 bits per heavy atom. The Labute approximate surface area is 142 Å². The van der Waals surface area contributed by atoms with Gasteiger partial charge in [0.1, 0.15) is 0 Å². The molecule has 6 nitrogen and oxygen atoms in total. The predicted octanol–water partition coefficient (Wildman–Crippen LogP) is 4.45. The highest BCUT2D eigenvalue weighted by Crippen LogP contribution is 2.34. The highest BCUT2D eigenvalue weighted by Gasteiger charge is 2.33. The van der Waals surface area contributed by atoms with E-state index in [4.69, 9.17) is 5.53 Å². The van der Waals surface area contributed by atoms with E-state index in [0.717, 1.165) is 36.2 Å². The molecule has 0 bridgehead atoms. The van der Waals surface area contributed by atoms with E-state index in [-0.39, 0.29) is 5.91 Å². The molecule has 0 spiro atoms. The summed E-state index contributed by atoms with van der Waals surface area (Å²) in [6.45, 7) is 2.63. The second kappa shape index (κ2) is 7.49. The molecule has 1 heterocycles. The maximum Gasteiger partial charge on any atom is 0.257 e. The van der Waals surface area contributed by atoms with Crippen LogP contribution in [-0.2, 0) is 4.79 Å². The summed E-state index contributed by atoms with van der Waals surface area (Å²) in [6, 6.07) is 7.94. The number of azide groups is 1. The second-order valence-corrected chi connectivity index (χ2v) is 6.43. The van der Waals surface area contributed by atoms with Crippen LogP contribution in [0.15, 0.2) is 34.4 Å². The summed E-state index contributed by atoms with van der Waals surface area (Å²) in [5.74, 6) is 0.110. The first kappa shape index (κ1) is 16.5. The van der Waals surface area contributed by atoms with Crippen molar-refractivity contribution in [3.8, 4) is 0 Å². The number of nitrogens with zero attached hydrogens (tertiary/aromatic N) is 5. The van der Waals surface area contributed by atoms with Gasteiger partial charge in [0.05, 0.1) is 5.69 Å².